The summed E-state index contributed by atoms with van der Waals surface area (Å²) in [4.78, 5) is 0. The Morgan fingerprint density at radius 2 is 1.83 bits per heavy atom. The maximum atomic E-state index is 13.4. The third-order valence-corrected chi connectivity index (χ3v) is 1.77. The van der Waals surface area contributed by atoms with E-state index >= 15 is 0 Å². The lowest BCUT2D eigenvalue weighted by Crippen LogP contribution is -2.19. The minimum Gasteiger partial charge on any atom is -0.508 e. The molecule has 0 heterocycles. The molecule has 0 spiro atoms. The number of rotatable bonds is 2. The molecule has 0 saturated heterocycles. The zero-order valence-corrected chi connectivity index (χ0v) is 6.79. The molecule has 2 N–H and O–H groups in total. The third kappa shape index (κ3) is 1.74. The summed E-state index contributed by atoms with van der Waals surface area (Å²) < 4.78 is 13.4. The number of alkyl halides is 1. The predicted molar refractivity (Wildman–Crippen MR) is 43.7 cm³/mol. The van der Waals surface area contributed by atoms with Gasteiger partial charge in [-0.25, -0.2) is 4.39 Å². The average molecular weight is 170 g/mol. The van der Waals surface area contributed by atoms with Gasteiger partial charge in [-0.05, 0) is 24.6 Å². The molecule has 3 heteroatoms. The first kappa shape index (κ1) is 9.00. The van der Waals surface area contributed by atoms with Crippen molar-refractivity contribution in [2.24, 2.45) is 0 Å². The number of aliphatic hydroxyl groups excluding tert-OH is 1. The minimum absolute atomic E-state index is 0.0903. The van der Waals surface area contributed by atoms with Crippen LogP contribution in [0.15, 0.2) is 24.3 Å². The summed E-state index contributed by atoms with van der Waals surface area (Å²) in [6.07, 6.45) is 0. The molecule has 0 aliphatic carbocycles. The van der Waals surface area contributed by atoms with E-state index in [1.807, 2.05) is 0 Å². The van der Waals surface area contributed by atoms with E-state index in [4.69, 9.17) is 10.2 Å². The van der Waals surface area contributed by atoms with Gasteiger partial charge in [0.1, 0.15) is 5.75 Å². The molecular weight excluding hydrogens is 159 g/mol. The molecule has 1 rings (SSSR count). The smallest absolute Gasteiger partial charge is 0.156 e. The molecule has 0 saturated carbocycles. The van der Waals surface area contributed by atoms with Gasteiger partial charge in [0.25, 0.3) is 0 Å². The molecule has 66 valence electrons. The predicted octanol–water partition coefficient (Wildman–Crippen LogP) is 1.57. The first-order valence-corrected chi connectivity index (χ1v) is 3.65. The standard InChI is InChI=1S/C9H11FO2/c1-9(10,6-11)7-2-4-8(12)5-3-7/h2-5,11-12H,6H2,1H3. The van der Waals surface area contributed by atoms with Crippen molar-refractivity contribution in [3.63, 3.8) is 0 Å². The number of halogens is 1. The number of phenols is 1. The van der Waals surface area contributed by atoms with Crippen molar-refractivity contribution in [1.29, 1.82) is 0 Å². The molecule has 0 aliphatic heterocycles. The van der Waals surface area contributed by atoms with Gasteiger partial charge in [-0.3, -0.25) is 0 Å². The van der Waals surface area contributed by atoms with E-state index in [0.717, 1.165) is 0 Å². The molecule has 0 bridgehead atoms. The Balaban J connectivity index is 2.96. The first-order valence-electron chi connectivity index (χ1n) is 3.65. The summed E-state index contributed by atoms with van der Waals surface area (Å²) in [5.74, 6) is 0.0903. The summed E-state index contributed by atoms with van der Waals surface area (Å²) in [5, 5.41) is 17.6. The molecule has 1 atom stereocenters. The molecule has 1 unspecified atom stereocenters. The van der Waals surface area contributed by atoms with Gasteiger partial charge in [0.2, 0.25) is 0 Å². The van der Waals surface area contributed by atoms with Crippen molar-refractivity contribution < 1.29 is 14.6 Å². The number of aliphatic hydroxyl groups is 1. The number of phenolic OH excluding ortho intramolecular Hbond substituents is 1. The Bertz CT molecular complexity index is 254. The number of benzene rings is 1. The lowest BCUT2D eigenvalue weighted by molar-refractivity contribution is 0.0867. The van der Waals surface area contributed by atoms with Crippen molar-refractivity contribution in [3.8, 4) is 5.75 Å². The highest BCUT2D eigenvalue weighted by Crippen LogP contribution is 2.25. The van der Waals surface area contributed by atoms with Crippen LogP contribution >= 0.6 is 0 Å². The maximum absolute atomic E-state index is 13.4. The molecule has 12 heavy (non-hydrogen) atoms. The lowest BCUT2D eigenvalue weighted by Gasteiger charge is -2.17. The molecule has 2 nitrogen and oxygen atoms in total. The molecule has 0 aliphatic rings. The monoisotopic (exact) mass is 170 g/mol. The van der Waals surface area contributed by atoms with Crippen LogP contribution in [0.2, 0.25) is 0 Å². The number of aromatic hydroxyl groups is 1. The fourth-order valence-electron chi connectivity index (χ4n) is 0.900. The van der Waals surface area contributed by atoms with Crippen molar-refractivity contribution >= 4 is 0 Å². The summed E-state index contributed by atoms with van der Waals surface area (Å²) in [6.45, 7) is 0.733. The summed E-state index contributed by atoms with van der Waals surface area (Å²) in [7, 11) is 0. The van der Waals surface area contributed by atoms with Crippen molar-refractivity contribution in [2.75, 3.05) is 6.61 Å². The Morgan fingerprint density at radius 3 is 2.25 bits per heavy atom. The van der Waals surface area contributed by atoms with E-state index in [9.17, 15) is 4.39 Å². The van der Waals surface area contributed by atoms with Gasteiger partial charge < -0.3 is 10.2 Å². The fraction of sp³-hybridized carbons (Fsp3) is 0.333. The molecule has 0 amide bonds. The van der Waals surface area contributed by atoms with Crippen LogP contribution in [0.3, 0.4) is 0 Å². The Kier molecular flexibility index (Phi) is 2.33. The van der Waals surface area contributed by atoms with Crippen molar-refractivity contribution in [1.82, 2.24) is 0 Å². The molecule has 0 aromatic heterocycles. The zero-order chi connectivity index (χ0) is 9.19. The molecular formula is C9H11FO2. The summed E-state index contributed by atoms with van der Waals surface area (Å²) in [6, 6.07) is 5.68. The second-order valence-electron chi connectivity index (χ2n) is 2.90. The molecule has 1 aromatic carbocycles. The summed E-state index contributed by atoms with van der Waals surface area (Å²) in [5.41, 5.74) is -1.36. The number of hydrogen-bond acceptors (Lipinski definition) is 2. The Morgan fingerprint density at radius 1 is 1.33 bits per heavy atom. The van der Waals surface area contributed by atoms with Crippen molar-refractivity contribution in [3.05, 3.63) is 29.8 Å². The largest absolute Gasteiger partial charge is 0.508 e. The number of hydrogen-bond donors (Lipinski definition) is 2. The van der Waals surface area contributed by atoms with Gasteiger partial charge >= 0.3 is 0 Å². The van der Waals surface area contributed by atoms with E-state index < -0.39 is 12.3 Å². The SMILES string of the molecule is CC(F)(CO)c1ccc(O)cc1. The highest BCUT2D eigenvalue weighted by atomic mass is 19.1. The van der Waals surface area contributed by atoms with Crippen LogP contribution < -0.4 is 0 Å². The van der Waals surface area contributed by atoms with Gasteiger partial charge in [0, 0.05) is 0 Å². The Hall–Kier alpha value is -1.09. The summed E-state index contributed by atoms with van der Waals surface area (Å²) >= 11 is 0. The Labute approximate surface area is 70.3 Å². The van der Waals surface area contributed by atoms with E-state index in [0.29, 0.717) is 5.56 Å². The van der Waals surface area contributed by atoms with E-state index in [1.165, 1.54) is 31.2 Å². The third-order valence-electron chi connectivity index (χ3n) is 1.77. The van der Waals surface area contributed by atoms with E-state index in [-0.39, 0.29) is 5.75 Å². The molecule has 1 aromatic rings. The van der Waals surface area contributed by atoms with Gasteiger partial charge in [-0.1, -0.05) is 12.1 Å². The average Bonchev–Trinajstić information content (AvgIpc) is 2.05. The second kappa shape index (κ2) is 3.11. The maximum Gasteiger partial charge on any atom is 0.156 e. The van der Waals surface area contributed by atoms with Gasteiger partial charge in [-0.15, -0.1) is 0 Å². The topological polar surface area (TPSA) is 40.5 Å². The van der Waals surface area contributed by atoms with Crippen LogP contribution in [-0.4, -0.2) is 16.8 Å². The van der Waals surface area contributed by atoms with Crippen LogP contribution in [0.25, 0.3) is 0 Å². The molecule has 0 radical (unpaired) electrons. The van der Waals surface area contributed by atoms with Crippen LogP contribution in [0, 0.1) is 0 Å². The first-order chi connectivity index (χ1) is 5.56. The normalized spacial score (nSPS) is 15.6. The van der Waals surface area contributed by atoms with Crippen molar-refractivity contribution in [2.45, 2.75) is 12.6 Å². The fourth-order valence-corrected chi connectivity index (χ4v) is 0.900. The van der Waals surface area contributed by atoms with Crippen LogP contribution in [0.5, 0.6) is 5.75 Å². The highest BCUT2D eigenvalue weighted by Gasteiger charge is 2.24. The van der Waals surface area contributed by atoms with Gasteiger partial charge in [0.05, 0.1) is 6.61 Å². The van der Waals surface area contributed by atoms with Crippen LogP contribution in [0.4, 0.5) is 4.39 Å². The van der Waals surface area contributed by atoms with Crippen LogP contribution in [0.1, 0.15) is 12.5 Å². The van der Waals surface area contributed by atoms with Crippen LogP contribution in [-0.2, 0) is 5.67 Å². The second-order valence-corrected chi connectivity index (χ2v) is 2.90. The minimum atomic E-state index is -1.73. The van der Waals surface area contributed by atoms with Gasteiger partial charge in [0.15, 0.2) is 5.67 Å². The van der Waals surface area contributed by atoms with E-state index in [2.05, 4.69) is 0 Å². The highest BCUT2D eigenvalue weighted by molar-refractivity contribution is 5.29. The molecule has 0 fully saturated rings. The quantitative estimate of drug-likeness (QED) is 0.707. The zero-order valence-electron chi connectivity index (χ0n) is 6.79. The lowest BCUT2D eigenvalue weighted by atomic mass is 9.99. The van der Waals surface area contributed by atoms with Gasteiger partial charge in [-0.2, -0.15) is 0 Å². The van der Waals surface area contributed by atoms with E-state index in [1.54, 1.807) is 0 Å².